The second kappa shape index (κ2) is 40.9. The Morgan fingerprint density at radius 2 is 0.538 bits per heavy atom. The Hall–Kier alpha value is -13.8. The van der Waals surface area contributed by atoms with Gasteiger partial charge >= 0.3 is 0 Å². The van der Waals surface area contributed by atoms with E-state index in [0.717, 1.165) is 114 Å². The van der Waals surface area contributed by atoms with Gasteiger partial charge in [-0.15, -0.1) is 0 Å². The molecule has 16 aromatic rings. The molecule has 0 N–H and O–H groups in total. The van der Waals surface area contributed by atoms with Gasteiger partial charge in [-0.3, -0.25) is 44.9 Å². The van der Waals surface area contributed by atoms with Crippen molar-refractivity contribution >= 4 is 0 Å². The lowest BCUT2D eigenvalue weighted by atomic mass is 10.1. The van der Waals surface area contributed by atoms with Crippen molar-refractivity contribution in [2.45, 2.75) is 55.4 Å². The molecule has 14 aromatic heterocycles. The summed E-state index contributed by atoms with van der Waals surface area (Å²) in [4.78, 5) is 79.1. The van der Waals surface area contributed by atoms with Gasteiger partial charge in [0.25, 0.3) is 0 Å². The predicted molar refractivity (Wildman–Crippen MR) is 411 cm³/mol. The van der Waals surface area contributed by atoms with Gasteiger partial charge in [0.15, 0.2) is 23.3 Å². The number of aromatic nitrogens is 19. The lowest BCUT2D eigenvalue weighted by Gasteiger charge is -2.00. The van der Waals surface area contributed by atoms with Crippen LogP contribution < -0.4 is 0 Å². The maximum absolute atomic E-state index is 4.33. The first kappa shape index (κ1) is 74.4. The molecular formula is C85H77N19. The summed E-state index contributed by atoms with van der Waals surface area (Å²) in [5.74, 6) is 3.76. The molecule has 0 fully saturated rings. The van der Waals surface area contributed by atoms with Gasteiger partial charge in [-0.25, -0.2) is 49.8 Å². The quantitative estimate of drug-likeness (QED) is 0.137. The molecule has 0 bridgehead atoms. The summed E-state index contributed by atoms with van der Waals surface area (Å²) in [6.45, 7) is 15.7. The molecule has 0 amide bonds. The third-order valence-electron chi connectivity index (χ3n) is 14.5. The smallest absolute Gasteiger partial charge is 0.178 e. The highest BCUT2D eigenvalue weighted by Gasteiger charge is 2.05. The summed E-state index contributed by atoms with van der Waals surface area (Å²) >= 11 is 0. The molecule has 0 saturated heterocycles. The van der Waals surface area contributed by atoms with E-state index in [1.165, 1.54) is 16.7 Å². The van der Waals surface area contributed by atoms with E-state index in [1.807, 2.05) is 274 Å². The molecule has 512 valence electrons. The van der Waals surface area contributed by atoms with Gasteiger partial charge < -0.3 is 0 Å². The fourth-order valence-electron chi connectivity index (χ4n) is 9.41. The van der Waals surface area contributed by atoms with Gasteiger partial charge in [0.2, 0.25) is 0 Å². The number of hydrogen-bond donors (Lipinski definition) is 0. The summed E-state index contributed by atoms with van der Waals surface area (Å²) < 4.78 is 0. The maximum atomic E-state index is 4.33. The van der Waals surface area contributed by atoms with Crippen molar-refractivity contribution in [2.75, 3.05) is 0 Å². The Bertz CT molecular complexity index is 4150. The molecule has 0 spiro atoms. The van der Waals surface area contributed by atoms with Crippen molar-refractivity contribution in [1.29, 1.82) is 0 Å². The zero-order valence-electron chi connectivity index (χ0n) is 59.1. The summed E-state index contributed by atoms with van der Waals surface area (Å²) in [6.07, 6.45) is 32.0. The van der Waals surface area contributed by atoms with E-state index in [4.69, 9.17) is 0 Å². The highest BCUT2D eigenvalue weighted by atomic mass is 14.9. The van der Waals surface area contributed by atoms with Crippen molar-refractivity contribution in [3.05, 3.63) is 370 Å². The Morgan fingerprint density at radius 1 is 0.173 bits per heavy atom. The van der Waals surface area contributed by atoms with Gasteiger partial charge in [0.05, 0.1) is 11.4 Å². The second-order valence-corrected chi connectivity index (χ2v) is 22.8. The van der Waals surface area contributed by atoms with Crippen LogP contribution in [0.3, 0.4) is 0 Å². The molecule has 0 saturated carbocycles. The molecule has 0 unspecified atom stereocenters. The highest BCUT2D eigenvalue weighted by Crippen LogP contribution is 2.21. The molecule has 19 heteroatoms. The number of aryl methyl sites for hydroxylation is 8. The van der Waals surface area contributed by atoms with Crippen LogP contribution in [-0.4, -0.2) is 94.7 Å². The Kier molecular flexibility index (Phi) is 29.3. The van der Waals surface area contributed by atoms with E-state index >= 15 is 0 Å². The molecule has 0 aliphatic carbocycles. The fraction of sp³-hybridized carbons (Fsp3) is 0.0941. The largest absolute Gasteiger partial charge is 0.265 e. The number of benzene rings is 2. The van der Waals surface area contributed by atoms with Crippen LogP contribution in [0.1, 0.15) is 45.7 Å². The van der Waals surface area contributed by atoms with Crippen LogP contribution in [0.25, 0.3) is 90.5 Å². The molecule has 0 aliphatic heterocycles. The Labute approximate surface area is 606 Å². The SMILES string of the molecule is Cc1cc(-c2ccccn2)ccn1.Cc1cc(-c2cccnc2)ccn1.Cc1cc(-c2ccncc2)ccn1.Cc1ccnc(-c2ccccc2)n1.Cc1ccnc(-c2ccccn2)n1.Cc1ccnc(-c2cccnc2)n1.Cc1ccnc(-c2ccncc2)n1.Cc1nccc(-c2ccccc2)n1. The number of nitrogens with zero attached hydrogens (tertiary/aromatic N) is 19. The topological polar surface area (TPSA) is 245 Å². The lowest BCUT2D eigenvalue weighted by molar-refractivity contribution is 1.06. The van der Waals surface area contributed by atoms with E-state index < -0.39 is 0 Å². The third kappa shape index (κ3) is 25.5. The number of pyridine rings is 9. The minimum absolute atomic E-state index is 0.681. The van der Waals surface area contributed by atoms with Gasteiger partial charge in [0, 0.05) is 185 Å². The van der Waals surface area contributed by atoms with Crippen molar-refractivity contribution in [3.63, 3.8) is 0 Å². The molecule has 0 atom stereocenters. The maximum Gasteiger partial charge on any atom is 0.178 e. The zero-order valence-corrected chi connectivity index (χ0v) is 59.1. The van der Waals surface area contributed by atoms with Gasteiger partial charge in [-0.05, 0) is 206 Å². The van der Waals surface area contributed by atoms with E-state index in [1.54, 1.807) is 93.0 Å². The van der Waals surface area contributed by atoms with Crippen LogP contribution in [0.2, 0.25) is 0 Å². The summed E-state index contributed by atoms with van der Waals surface area (Å²) in [7, 11) is 0. The highest BCUT2D eigenvalue weighted by molar-refractivity contribution is 5.64. The lowest BCUT2D eigenvalue weighted by Crippen LogP contribution is -1.91. The second-order valence-electron chi connectivity index (χ2n) is 22.8. The number of rotatable bonds is 8. The van der Waals surface area contributed by atoms with Crippen LogP contribution in [-0.2, 0) is 0 Å². The molecular weight excluding hydrogens is 1290 g/mol. The standard InChI is InChI=1S/5C11H10N2.3C10H9N3/c1-9-8-11(4-7-13-9)10-2-5-12-6-3-10;1-9-7-10(4-6-13-9)11-3-2-5-12-8-11;1-9-8-10(5-7-12-9)11-4-2-3-6-13-11;1-9-12-8-7-11(13-9)10-5-3-2-4-6-10;1-9-7-8-12-11(13-9)10-5-3-2-4-6-10;1-8-2-7-12-10(13-8)9-3-5-11-6-4-9;1-8-4-6-12-10(13-8)9-3-2-5-11-7-9;1-8-5-7-12-10(13-8)9-4-2-3-6-11-9/h5*2-8H,1H3;3*2-7H,1H3. The monoisotopic (exact) mass is 1360 g/mol. The zero-order chi connectivity index (χ0) is 72.8. The average molecular weight is 1360 g/mol. The molecule has 0 radical (unpaired) electrons. The number of hydrogen-bond acceptors (Lipinski definition) is 19. The normalized spacial score (nSPS) is 9.92. The van der Waals surface area contributed by atoms with E-state index in [0.29, 0.717) is 5.82 Å². The van der Waals surface area contributed by atoms with Crippen LogP contribution in [0, 0.1) is 55.4 Å². The van der Waals surface area contributed by atoms with E-state index in [2.05, 4.69) is 107 Å². The first-order valence-electron chi connectivity index (χ1n) is 33.2. The molecule has 19 nitrogen and oxygen atoms in total. The minimum atomic E-state index is 0.681. The van der Waals surface area contributed by atoms with E-state index in [-0.39, 0.29) is 0 Å². The molecule has 104 heavy (non-hydrogen) atoms. The Morgan fingerprint density at radius 3 is 0.990 bits per heavy atom. The summed E-state index contributed by atoms with van der Waals surface area (Å²) in [5.41, 5.74) is 19.7. The van der Waals surface area contributed by atoms with Gasteiger partial charge in [0.1, 0.15) is 11.5 Å². The van der Waals surface area contributed by atoms with Crippen LogP contribution in [0.5, 0.6) is 0 Å². The fourth-order valence-corrected chi connectivity index (χ4v) is 9.41. The summed E-state index contributed by atoms with van der Waals surface area (Å²) in [5, 5.41) is 0. The van der Waals surface area contributed by atoms with Crippen molar-refractivity contribution < 1.29 is 0 Å². The average Bonchev–Trinajstić information content (AvgIpc) is 0.975. The molecule has 16 rings (SSSR count). The Balaban J connectivity index is 0.000000138. The first-order valence-corrected chi connectivity index (χ1v) is 33.2. The van der Waals surface area contributed by atoms with E-state index in [9.17, 15) is 0 Å². The predicted octanol–water partition coefficient (Wildman–Crippen LogP) is 17.8. The third-order valence-corrected chi connectivity index (χ3v) is 14.5. The van der Waals surface area contributed by atoms with Gasteiger partial charge in [-0.2, -0.15) is 0 Å². The van der Waals surface area contributed by atoms with Crippen molar-refractivity contribution in [3.8, 4) is 90.5 Å². The molecule has 2 aromatic carbocycles. The van der Waals surface area contributed by atoms with Gasteiger partial charge in [-0.1, -0.05) is 78.9 Å². The summed E-state index contributed by atoms with van der Waals surface area (Å²) in [6, 6.07) is 68.8. The van der Waals surface area contributed by atoms with Crippen LogP contribution in [0.15, 0.2) is 324 Å². The van der Waals surface area contributed by atoms with Crippen molar-refractivity contribution in [1.82, 2.24) is 94.7 Å². The minimum Gasteiger partial charge on any atom is -0.265 e. The molecule has 0 aliphatic rings. The molecule has 14 heterocycles. The first-order chi connectivity index (χ1) is 50.9. The van der Waals surface area contributed by atoms with Crippen molar-refractivity contribution in [2.24, 2.45) is 0 Å². The van der Waals surface area contributed by atoms with Crippen LogP contribution in [0.4, 0.5) is 0 Å². The van der Waals surface area contributed by atoms with Crippen LogP contribution >= 0.6 is 0 Å².